The number of nitrogens with zero attached hydrogens (tertiary/aromatic N) is 2. The van der Waals surface area contributed by atoms with Gasteiger partial charge in [0.1, 0.15) is 11.6 Å². The number of carboxylic acids is 1. The molecule has 6 nitrogen and oxygen atoms in total. The Morgan fingerprint density at radius 3 is 2.70 bits per heavy atom. The summed E-state index contributed by atoms with van der Waals surface area (Å²) in [6.45, 7) is 4.31. The van der Waals surface area contributed by atoms with Crippen LogP contribution in [0.25, 0.3) is 0 Å². The van der Waals surface area contributed by atoms with Crippen LogP contribution in [0.2, 0.25) is 0 Å². The number of rotatable bonds is 5. The van der Waals surface area contributed by atoms with Gasteiger partial charge < -0.3 is 15.2 Å². The Morgan fingerprint density at radius 2 is 2.10 bits per heavy atom. The molecule has 1 aromatic rings. The first-order chi connectivity index (χ1) is 9.58. The van der Waals surface area contributed by atoms with E-state index in [0.29, 0.717) is 18.3 Å². The van der Waals surface area contributed by atoms with E-state index in [1.54, 1.807) is 6.07 Å². The van der Waals surface area contributed by atoms with Crippen LogP contribution in [0, 0.1) is 12.8 Å². The highest BCUT2D eigenvalue weighted by atomic mass is 16.5. The van der Waals surface area contributed by atoms with Crippen molar-refractivity contribution in [2.45, 2.75) is 45.6 Å². The molecule has 6 heteroatoms. The highest BCUT2D eigenvalue weighted by Gasteiger charge is 2.26. The number of aryl methyl sites for hydroxylation is 1. The van der Waals surface area contributed by atoms with Gasteiger partial charge in [-0.2, -0.15) is 4.98 Å². The maximum absolute atomic E-state index is 10.9. The first-order valence-corrected chi connectivity index (χ1v) is 7.06. The molecule has 0 aromatic carbocycles. The third kappa shape index (κ3) is 3.82. The van der Waals surface area contributed by atoms with Crippen LogP contribution >= 0.6 is 0 Å². The largest absolute Gasteiger partial charge is 0.481 e. The van der Waals surface area contributed by atoms with Crippen molar-refractivity contribution in [1.29, 1.82) is 0 Å². The van der Waals surface area contributed by atoms with Crippen LogP contribution in [0.15, 0.2) is 6.07 Å². The molecule has 110 valence electrons. The Kier molecular flexibility index (Phi) is 4.76. The predicted molar refractivity (Wildman–Crippen MR) is 74.9 cm³/mol. The second-order valence-corrected chi connectivity index (χ2v) is 5.10. The molecular formula is C14H21N3O3. The summed E-state index contributed by atoms with van der Waals surface area (Å²) in [6, 6.07) is 2.06. The molecule has 1 saturated carbocycles. The minimum Gasteiger partial charge on any atom is -0.481 e. The van der Waals surface area contributed by atoms with Crippen molar-refractivity contribution in [3.05, 3.63) is 11.9 Å². The third-order valence-electron chi connectivity index (χ3n) is 3.54. The van der Waals surface area contributed by atoms with Gasteiger partial charge in [-0.25, -0.2) is 4.98 Å². The fourth-order valence-electron chi connectivity index (χ4n) is 2.53. The standard InChI is InChI=1S/C14H21N3O3/c1-3-20-13-8-12(15-9(2)16-13)17-11-6-4-10(5-7-11)14(18)19/h8,10-11H,3-7H2,1-2H3,(H,18,19)(H,15,16,17). The van der Waals surface area contributed by atoms with E-state index < -0.39 is 5.97 Å². The van der Waals surface area contributed by atoms with Crippen molar-refractivity contribution in [2.75, 3.05) is 11.9 Å². The van der Waals surface area contributed by atoms with E-state index in [4.69, 9.17) is 9.84 Å². The van der Waals surface area contributed by atoms with Crippen LogP contribution in [0.5, 0.6) is 5.88 Å². The second kappa shape index (κ2) is 6.54. The molecule has 2 rings (SSSR count). The van der Waals surface area contributed by atoms with E-state index in [9.17, 15) is 4.79 Å². The number of hydrogen-bond donors (Lipinski definition) is 2. The highest BCUT2D eigenvalue weighted by molar-refractivity contribution is 5.70. The molecular weight excluding hydrogens is 258 g/mol. The van der Waals surface area contributed by atoms with Gasteiger partial charge in [-0.05, 0) is 39.5 Å². The van der Waals surface area contributed by atoms with Gasteiger partial charge in [0.15, 0.2) is 0 Å². The molecule has 0 aliphatic heterocycles. The van der Waals surface area contributed by atoms with Crippen LogP contribution in [-0.2, 0) is 4.79 Å². The molecule has 0 spiro atoms. The molecule has 1 aliphatic carbocycles. The van der Waals surface area contributed by atoms with Crippen molar-refractivity contribution in [3.63, 3.8) is 0 Å². The van der Waals surface area contributed by atoms with Gasteiger partial charge in [-0.15, -0.1) is 0 Å². The highest BCUT2D eigenvalue weighted by Crippen LogP contribution is 2.27. The van der Waals surface area contributed by atoms with Crippen LogP contribution in [0.4, 0.5) is 5.82 Å². The topological polar surface area (TPSA) is 84.3 Å². The fraction of sp³-hybridized carbons (Fsp3) is 0.643. The summed E-state index contributed by atoms with van der Waals surface area (Å²) >= 11 is 0. The molecule has 0 amide bonds. The molecule has 1 aromatic heterocycles. The average molecular weight is 279 g/mol. The van der Waals surface area contributed by atoms with Gasteiger partial charge in [-0.3, -0.25) is 4.79 Å². The summed E-state index contributed by atoms with van der Waals surface area (Å²) < 4.78 is 5.40. The van der Waals surface area contributed by atoms with Gasteiger partial charge in [0.2, 0.25) is 5.88 Å². The SMILES string of the molecule is CCOc1cc(NC2CCC(C(=O)O)CC2)nc(C)n1. The normalized spacial score (nSPS) is 22.3. The van der Waals surface area contributed by atoms with Gasteiger partial charge >= 0.3 is 5.97 Å². The molecule has 20 heavy (non-hydrogen) atoms. The summed E-state index contributed by atoms with van der Waals surface area (Å²) in [6.07, 6.45) is 3.14. The number of anilines is 1. The minimum absolute atomic E-state index is 0.195. The lowest BCUT2D eigenvalue weighted by molar-refractivity contribution is -0.142. The summed E-state index contributed by atoms with van der Waals surface area (Å²) in [5.41, 5.74) is 0. The molecule has 1 aliphatic rings. The van der Waals surface area contributed by atoms with E-state index in [0.717, 1.165) is 31.5 Å². The molecule has 2 N–H and O–H groups in total. The number of carboxylic acid groups (broad SMARTS) is 1. The average Bonchev–Trinajstić information content (AvgIpc) is 2.39. The van der Waals surface area contributed by atoms with Gasteiger partial charge in [-0.1, -0.05) is 0 Å². The smallest absolute Gasteiger partial charge is 0.306 e. The Labute approximate surface area is 118 Å². The summed E-state index contributed by atoms with van der Waals surface area (Å²) in [5.74, 6) is 1.11. The monoisotopic (exact) mass is 279 g/mol. The van der Waals surface area contributed by atoms with Crippen LogP contribution in [-0.4, -0.2) is 33.7 Å². The first kappa shape index (κ1) is 14.6. The maximum Gasteiger partial charge on any atom is 0.306 e. The zero-order valence-electron chi connectivity index (χ0n) is 11.9. The Bertz CT molecular complexity index is 471. The lowest BCUT2D eigenvalue weighted by Crippen LogP contribution is -2.29. The fourth-order valence-corrected chi connectivity index (χ4v) is 2.53. The van der Waals surface area contributed by atoms with Crippen molar-refractivity contribution >= 4 is 11.8 Å². The van der Waals surface area contributed by atoms with Crippen LogP contribution in [0.3, 0.4) is 0 Å². The van der Waals surface area contributed by atoms with E-state index in [1.807, 2.05) is 13.8 Å². The predicted octanol–water partition coefficient (Wildman–Crippen LogP) is 2.24. The number of aromatic nitrogens is 2. The number of hydrogen-bond acceptors (Lipinski definition) is 5. The van der Waals surface area contributed by atoms with Crippen molar-refractivity contribution in [1.82, 2.24) is 9.97 Å². The second-order valence-electron chi connectivity index (χ2n) is 5.10. The number of carbonyl (C=O) groups is 1. The van der Waals surface area contributed by atoms with Crippen LogP contribution in [0.1, 0.15) is 38.4 Å². The van der Waals surface area contributed by atoms with Gasteiger partial charge in [0.25, 0.3) is 0 Å². The Hall–Kier alpha value is -1.85. The van der Waals surface area contributed by atoms with E-state index in [-0.39, 0.29) is 12.0 Å². The zero-order chi connectivity index (χ0) is 14.5. The summed E-state index contributed by atoms with van der Waals surface area (Å²) in [7, 11) is 0. The van der Waals surface area contributed by atoms with Crippen molar-refractivity contribution < 1.29 is 14.6 Å². The van der Waals surface area contributed by atoms with E-state index in [2.05, 4.69) is 15.3 Å². The maximum atomic E-state index is 10.9. The van der Waals surface area contributed by atoms with Gasteiger partial charge in [0.05, 0.1) is 12.5 Å². The van der Waals surface area contributed by atoms with E-state index >= 15 is 0 Å². The lowest BCUT2D eigenvalue weighted by Gasteiger charge is -2.27. The van der Waals surface area contributed by atoms with Crippen molar-refractivity contribution in [2.24, 2.45) is 5.92 Å². The number of ether oxygens (including phenoxy) is 1. The molecule has 1 heterocycles. The molecule has 0 unspecified atom stereocenters. The number of aliphatic carboxylic acids is 1. The van der Waals surface area contributed by atoms with Crippen molar-refractivity contribution in [3.8, 4) is 5.88 Å². The van der Waals surface area contributed by atoms with Crippen LogP contribution < -0.4 is 10.1 Å². The molecule has 0 atom stereocenters. The lowest BCUT2D eigenvalue weighted by atomic mass is 9.86. The molecule has 1 fully saturated rings. The molecule has 0 bridgehead atoms. The number of nitrogens with one attached hydrogen (secondary N) is 1. The molecule has 0 radical (unpaired) electrons. The zero-order valence-corrected chi connectivity index (χ0v) is 11.9. The third-order valence-corrected chi connectivity index (χ3v) is 3.54. The quantitative estimate of drug-likeness (QED) is 0.860. The Balaban J connectivity index is 1.95. The Morgan fingerprint density at radius 1 is 1.40 bits per heavy atom. The summed E-state index contributed by atoms with van der Waals surface area (Å²) in [4.78, 5) is 19.5. The summed E-state index contributed by atoms with van der Waals surface area (Å²) in [5, 5.41) is 12.3. The molecule has 0 saturated heterocycles. The minimum atomic E-state index is -0.681. The van der Waals surface area contributed by atoms with Gasteiger partial charge in [0, 0.05) is 12.1 Å². The first-order valence-electron chi connectivity index (χ1n) is 7.06. The van der Waals surface area contributed by atoms with E-state index in [1.165, 1.54) is 0 Å².